The maximum absolute atomic E-state index is 14.9. The molecule has 1 aromatic rings. The normalized spacial score (nSPS) is 15.8. The summed E-state index contributed by atoms with van der Waals surface area (Å²) in [7, 11) is 0.0167. The molecule has 0 aliphatic heterocycles. The van der Waals surface area contributed by atoms with Crippen LogP contribution in [-0.2, 0) is 16.6 Å². The molecule has 0 aliphatic rings. The summed E-state index contributed by atoms with van der Waals surface area (Å²) < 4.78 is 357. The number of methoxy groups -OCH3 is 1. The molecule has 286 valence electrons. The van der Waals surface area contributed by atoms with Gasteiger partial charge in [0.15, 0.2) is 0 Å². The van der Waals surface area contributed by atoms with E-state index in [4.69, 9.17) is 0 Å². The Morgan fingerprint density at radius 2 is 0.653 bits per heavy atom. The van der Waals surface area contributed by atoms with Crippen LogP contribution in [0, 0.1) is 6.92 Å². The maximum atomic E-state index is 14.9. The Morgan fingerprint density at radius 1 is 0.429 bits per heavy atom. The van der Waals surface area contributed by atoms with E-state index in [1.54, 1.807) is 0 Å². The predicted molar refractivity (Wildman–Crippen MR) is 102 cm³/mol. The van der Waals surface area contributed by atoms with Crippen LogP contribution >= 0.6 is 0 Å². The second kappa shape index (κ2) is 11.4. The Kier molecular flexibility index (Phi) is 10.3. The number of hydrogen-bond acceptors (Lipinski definition) is 2. The number of carbonyl (C=O) groups excluding carboxylic acids is 1. The van der Waals surface area contributed by atoms with Crippen LogP contribution in [0.3, 0.4) is 0 Å². The lowest BCUT2D eigenvalue weighted by molar-refractivity contribution is -0.442. The zero-order valence-corrected chi connectivity index (χ0v) is 22.3. The lowest BCUT2D eigenvalue weighted by atomic mass is 9.83. The minimum atomic E-state index is -8.74. The fourth-order valence-electron chi connectivity index (χ4n) is 3.48. The van der Waals surface area contributed by atoms with Crippen LogP contribution in [0.2, 0.25) is 0 Å². The Morgan fingerprint density at radius 3 is 0.857 bits per heavy atom. The van der Waals surface area contributed by atoms with Crippen molar-refractivity contribution in [3.05, 3.63) is 34.4 Å². The summed E-state index contributed by atoms with van der Waals surface area (Å²) in [4.78, 5) is 11.7. The summed E-state index contributed by atoms with van der Waals surface area (Å²) in [6.45, 7) is -0.832. The van der Waals surface area contributed by atoms with E-state index in [1.807, 2.05) is 0 Å². The van der Waals surface area contributed by atoms with Gasteiger partial charge in [0.05, 0.1) is 12.7 Å². The van der Waals surface area contributed by atoms with E-state index in [2.05, 4.69) is 4.74 Å². The van der Waals surface area contributed by atoms with Gasteiger partial charge in [-0.3, -0.25) is 0 Å². The molecule has 0 N–H and O–H groups in total. The van der Waals surface area contributed by atoms with Crippen molar-refractivity contribution in [3.63, 3.8) is 0 Å². The summed E-state index contributed by atoms with van der Waals surface area (Å²) in [6.07, 6.45) is -15.9. The summed E-state index contributed by atoms with van der Waals surface area (Å²) in [5.41, 5.74) is -13.2. The summed E-state index contributed by atoms with van der Waals surface area (Å²) in [5.74, 6) is -86.7. The number of halogens is 26. The molecule has 0 unspecified atom stereocenters. The molecule has 0 fully saturated rings. The van der Waals surface area contributed by atoms with Gasteiger partial charge in [-0.1, -0.05) is 0 Å². The molecule has 0 saturated carbocycles. The summed E-state index contributed by atoms with van der Waals surface area (Å²) >= 11 is 0. The predicted octanol–water partition coefficient (Wildman–Crippen LogP) is 10.2. The highest BCUT2D eigenvalue weighted by Crippen LogP contribution is 2.65. The van der Waals surface area contributed by atoms with E-state index in [1.165, 1.54) is 0 Å². The Bertz CT molecular complexity index is 1320. The number of ether oxygens (including phenoxy) is 1. The SMILES string of the molecule is COC(=O)c1cc(C(F)(F)C(F)(F)C(F)(F)C(F)(F)C(F)(F)C(F)(F)F)c(C)c(C(F)(F)C(F)(F)C(F)(F)C(F)(F)C(F)(F)C(F)(F)F)c1. The van der Waals surface area contributed by atoms with Crippen molar-refractivity contribution < 1.29 is 124 Å². The van der Waals surface area contributed by atoms with Crippen molar-refractivity contribution >= 4 is 5.97 Å². The lowest BCUT2D eigenvalue weighted by Gasteiger charge is -2.41. The third kappa shape index (κ3) is 5.64. The molecule has 0 atom stereocenters. The monoisotopic (exact) mass is 786 g/mol. The molecule has 0 radical (unpaired) electrons. The van der Waals surface area contributed by atoms with Gasteiger partial charge in [-0.15, -0.1) is 0 Å². The van der Waals surface area contributed by atoms with E-state index >= 15 is 0 Å². The smallest absolute Gasteiger partial charge is 0.460 e. The van der Waals surface area contributed by atoms with Crippen molar-refractivity contribution in [1.82, 2.24) is 0 Å². The van der Waals surface area contributed by atoms with Gasteiger partial charge < -0.3 is 4.74 Å². The lowest BCUT2D eigenvalue weighted by Crippen LogP contribution is -2.69. The fourth-order valence-corrected chi connectivity index (χ4v) is 3.48. The maximum Gasteiger partial charge on any atom is 0.460 e. The molecular formula is C21H8F26O2. The number of carbonyl (C=O) groups is 1. The first-order valence-electron chi connectivity index (χ1n) is 11.1. The van der Waals surface area contributed by atoms with Crippen LogP contribution in [0.1, 0.15) is 27.0 Å². The first-order chi connectivity index (χ1) is 21.0. The summed E-state index contributed by atoms with van der Waals surface area (Å²) in [6, 6.07) is -2.49. The van der Waals surface area contributed by atoms with Gasteiger partial charge >= 0.3 is 77.5 Å². The van der Waals surface area contributed by atoms with Gasteiger partial charge in [0.25, 0.3) is 0 Å². The molecule has 0 bridgehead atoms. The molecule has 1 aromatic carbocycles. The third-order valence-corrected chi connectivity index (χ3v) is 6.37. The van der Waals surface area contributed by atoms with E-state index in [9.17, 15) is 119 Å². The second-order valence-electron chi connectivity index (χ2n) is 9.43. The number of esters is 1. The Labute approximate surface area is 250 Å². The zero-order chi connectivity index (χ0) is 40.0. The van der Waals surface area contributed by atoms with Gasteiger partial charge in [0.2, 0.25) is 0 Å². The van der Waals surface area contributed by atoms with Crippen LogP contribution in [-0.4, -0.2) is 72.8 Å². The molecule has 49 heavy (non-hydrogen) atoms. The Hall–Kier alpha value is -3.13. The third-order valence-electron chi connectivity index (χ3n) is 6.37. The highest BCUT2D eigenvalue weighted by Gasteiger charge is 2.92. The molecule has 28 heteroatoms. The summed E-state index contributed by atoms with van der Waals surface area (Å²) in [5, 5.41) is 0. The molecule has 1 rings (SSSR count). The molecule has 0 saturated heterocycles. The van der Waals surface area contributed by atoms with Crippen LogP contribution in [0.25, 0.3) is 0 Å². The van der Waals surface area contributed by atoms with Gasteiger partial charge in [-0.25, -0.2) is 4.79 Å². The molecule has 0 aliphatic carbocycles. The minimum absolute atomic E-state index is 0.0167. The molecule has 0 aromatic heterocycles. The largest absolute Gasteiger partial charge is 0.465 e. The molecule has 0 heterocycles. The van der Waals surface area contributed by atoms with Gasteiger partial charge in [-0.2, -0.15) is 114 Å². The topological polar surface area (TPSA) is 26.3 Å². The Balaban J connectivity index is 4.33. The number of hydrogen-bond donors (Lipinski definition) is 0. The van der Waals surface area contributed by atoms with E-state index in [-0.39, 0.29) is 7.11 Å². The van der Waals surface area contributed by atoms with Crippen molar-refractivity contribution in [1.29, 1.82) is 0 Å². The standard InChI is InChI=1S/C21H8F26O2/c1-5-7(10(22,23)12(26,27)14(30,31)16(34,35)18(38,39)20(42,43)44)3-6(9(48)49-2)4-8(5)11(24,25)13(28,29)15(32,33)17(36,37)19(40,41)21(45,46)47/h3-4H,1-2H3. The van der Waals surface area contributed by atoms with E-state index in [0.717, 1.165) is 0 Å². The first kappa shape index (κ1) is 43.9. The van der Waals surface area contributed by atoms with Crippen molar-refractivity contribution in [2.24, 2.45) is 0 Å². The van der Waals surface area contributed by atoms with Crippen LogP contribution < -0.4 is 0 Å². The zero-order valence-electron chi connectivity index (χ0n) is 22.3. The van der Waals surface area contributed by atoms with Crippen LogP contribution in [0.5, 0.6) is 0 Å². The van der Waals surface area contributed by atoms with E-state index < -0.39 is 119 Å². The van der Waals surface area contributed by atoms with E-state index in [0.29, 0.717) is 0 Å². The van der Waals surface area contributed by atoms with Gasteiger partial charge in [0.1, 0.15) is 0 Å². The highest BCUT2D eigenvalue weighted by molar-refractivity contribution is 5.90. The molecule has 0 spiro atoms. The second-order valence-corrected chi connectivity index (χ2v) is 9.43. The van der Waals surface area contributed by atoms with Crippen molar-refractivity contribution in [3.8, 4) is 0 Å². The molecule has 2 nitrogen and oxygen atoms in total. The van der Waals surface area contributed by atoms with Crippen molar-refractivity contribution in [2.75, 3.05) is 7.11 Å². The number of alkyl halides is 26. The highest BCUT2D eigenvalue weighted by atomic mass is 19.4. The van der Waals surface area contributed by atoms with Gasteiger partial charge in [0, 0.05) is 11.1 Å². The average Bonchev–Trinajstić information content (AvgIpc) is 2.90. The quantitative estimate of drug-likeness (QED) is 0.165. The number of benzene rings is 1. The van der Waals surface area contributed by atoms with Crippen LogP contribution in [0.15, 0.2) is 12.1 Å². The fraction of sp³-hybridized carbons (Fsp3) is 0.667. The van der Waals surface area contributed by atoms with Crippen LogP contribution in [0.4, 0.5) is 114 Å². The van der Waals surface area contributed by atoms with Gasteiger partial charge in [-0.05, 0) is 24.6 Å². The number of rotatable bonds is 11. The first-order valence-corrected chi connectivity index (χ1v) is 11.1. The van der Waals surface area contributed by atoms with Crippen molar-refractivity contribution in [2.45, 2.75) is 78.5 Å². The molecule has 0 amide bonds. The average molecular weight is 786 g/mol. The molecular weight excluding hydrogens is 778 g/mol. The minimum Gasteiger partial charge on any atom is -0.465 e.